The van der Waals surface area contributed by atoms with E-state index in [2.05, 4.69) is 0 Å². The lowest BCUT2D eigenvalue weighted by Gasteiger charge is -2.24. The summed E-state index contributed by atoms with van der Waals surface area (Å²) in [6.07, 6.45) is -1.26. The van der Waals surface area contributed by atoms with Crippen LogP contribution in [0.5, 0.6) is 0 Å². The molecule has 2 N–H and O–H groups in total. The third-order valence-electron chi connectivity index (χ3n) is 1.39. The Morgan fingerprint density at radius 3 is 2.07 bits per heavy atom. The lowest BCUT2D eigenvalue weighted by molar-refractivity contribution is -0.161. The minimum Gasteiger partial charge on any atom is -0.481 e. The summed E-state index contributed by atoms with van der Waals surface area (Å²) in [5.41, 5.74) is -0.582. The summed E-state index contributed by atoms with van der Waals surface area (Å²) >= 11 is 0. The van der Waals surface area contributed by atoms with Gasteiger partial charge in [-0.25, -0.2) is 4.79 Å². The van der Waals surface area contributed by atoms with E-state index in [-0.39, 0.29) is 12.8 Å². The van der Waals surface area contributed by atoms with Crippen LogP contribution in [0.3, 0.4) is 0 Å². The number of hydrogen-bond donors (Lipinski definition) is 2. The predicted octanol–water partition coefficient (Wildman–Crippen LogP) is 1.12. The molecule has 0 heterocycles. The van der Waals surface area contributed by atoms with Crippen LogP contribution in [0.1, 0.15) is 33.6 Å². The lowest BCUT2D eigenvalue weighted by atomic mass is 10.1. The number of carboxylic acid groups (broad SMARTS) is 2. The zero-order valence-corrected chi connectivity index (χ0v) is 8.61. The monoisotopic (exact) mass is 204 g/mol. The van der Waals surface area contributed by atoms with E-state index < -0.39 is 23.6 Å². The van der Waals surface area contributed by atoms with Crippen molar-refractivity contribution in [3.63, 3.8) is 0 Å². The molecule has 0 aliphatic heterocycles. The number of aliphatic carboxylic acids is 2. The first-order chi connectivity index (χ1) is 6.22. The van der Waals surface area contributed by atoms with Crippen molar-refractivity contribution in [2.75, 3.05) is 0 Å². The molecule has 82 valence electrons. The molecule has 0 saturated heterocycles. The van der Waals surface area contributed by atoms with Crippen molar-refractivity contribution in [2.45, 2.75) is 45.3 Å². The number of carboxylic acids is 2. The summed E-state index contributed by atoms with van der Waals surface area (Å²) in [5, 5.41) is 17.1. The van der Waals surface area contributed by atoms with Gasteiger partial charge in [0.15, 0.2) is 6.10 Å². The summed E-state index contributed by atoms with van der Waals surface area (Å²) in [7, 11) is 0. The summed E-state index contributed by atoms with van der Waals surface area (Å²) in [6.45, 7) is 5.18. The maximum absolute atomic E-state index is 10.7. The van der Waals surface area contributed by atoms with Crippen LogP contribution in [0, 0.1) is 0 Å². The average Bonchev–Trinajstić information content (AvgIpc) is 1.94. The molecule has 0 bridgehead atoms. The minimum absolute atomic E-state index is 0.0120. The number of ether oxygens (including phenoxy) is 1. The number of rotatable bonds is 5. The van der Waals surface area contributed by atoms with Gasteiger partial charge in [-0.1, -0.05) is 0 Å². The van der Waals surface area contributed by atoms with Gasteiger partial charge in [0.25, 0.3) is 0 Å². The molecule has 0 saturated carbocycles. The molecular weight excluding hydrogens is 188 g/mol. The zero-order valence-electron chi connectivity index (χ0n) is 8.61. The van der Waals surface area contributed by atoms with Crippen molar-refractivity contribution in [3.8, 4) is 0 Å². The molecule has 1 atom stereocenters. The van der Waals surface area contributed by atoms with Crippen molar-refractivity contribution < 1.29 is 24.5 Å². The maximum atomic E-state index is 10.7. The Morgan fingerprint density at radius 2 is 1.79 bits per heavy atom. The van der Waals surface area contributed by atoms with E-state index in [1.54, 1.807) is 20.8 Å². The van der Waals surface area contributed by atoms with Crippen molar-refractivity contribution in [1.29, 1.82) is 0 Å². The van der Waals surface area contributed by atoms with Gasteiger partial charge >= 0.3 is 11.9 Å². The standard InChI is InChI=1S/C9H16O5/c1-9(2,3)14-6(8(12)13)4-5-7(10)11/h6H,4-5H2,1-3H3,(H,10,11)(H,12,13). The molecule has 0 radical (unpaired) electrons. The fourth-order valence-electron chi connectivity index (χ4n) is 0.914. The summed E-state index contributed by atoms with van der Waals surface area (Å²) in [5.74, 6) is -2.14. The van der Waals surface area contributed by atoms with Crippen LogP contribution in [0.15, 0.2) is 0 Å². The van der Waals surface area contributed by atoms with Gasteiger partial charge in [-0.3, -0.25) is 4.79 Å². The zero-order chi connectivity index (χ0) is 11.4. The highest BCUT2D eigenvalue weighted by atomic mass is 16.5. The lowest BCUT2D eigenvalue weighted by Crippen LogP contribution is -2.33. The molecule has 0 aliphatic rings. The Hall–Kier alpha value is -1.10. The highest BCUT2D eigenvalue weighted by Gasteiger charge is 2.25. The number of carbonyl (C=O) groups is 2. The molecule has 1 unspecified atom stereocenters. The van der Waals surface area contributed by atoms with Gasteiger partial charge in [0.2, 0.25) is 0 Å². The van der Waals surface area contributed by atoms with Crippen LogP contribution in [0.2, 0.25) is 0 Å². The average molecular weight is 204 g/mol. The highest BCUT2D eigenvalue weighted by molar-refractivity contribution is 5.74. The molecular formula is C9H16O5. The second kappa shape index (κ2) is 4.95. The quantitative estimate of drug-likeness (QED) is 0.701. The van der Waals surface area contributed by atoms with Crippen molar-refractivity contribution in [3.05, 3.63) is 0 Å². The smallest absolute Gasteiger partial charge is 0.332 e. The normalized spacial score (nSPS) is 13.6. The molecule has 5 heteroatoms. The Kier molecular flexibility index (Phi) is 4.56. The maximum Gasteiger partial charge on any atom is 0.332 e. The van der Waals surface area contributed by atoms with Gasteiger partial charge < -0.3 is 14.9 Å². The molecule has 0 fully saturated rings. The fraction of sp³-hybridized carbons (Fsp3) is 0.778. The molecule has 0 rings (SSSR count). The van der Waals surface area contributed by atoms with E-state index >= 15 is 0 Å². The Morgan fingerprint density at radius 1 is 1.29 bits per heavy atom. The molecule has 0 spiro atoms. The van der Waals surface area contributed by atoms with Crippen LogP contribution < -0.4 is 0 Å². The first-order valence-corrected chi connectivity index (χ1v) is 4.35. The van der Waals surface area contributed by atoms with Crippen LogP contribution in [0.25, 0.3) is 0 Å². The molecule has 0 amide bonds. The second-order valence-corrected chi connectivity index (χ2v) is 3.99. The van der Waals surface area contributed by atoms with Crippen LogP contribution in [0.4, 0.5) is 0 Å². The van der Waals surface area contributed by atoms with E-state index in [1.165, 1.54) is 0 Å². The van der Waals surface area contributed by atoms with Crippen LogP contribution in [-0.2, 0) is 14.3 Å². The van der Waals surface area contributed by atoms with Gasteiger partial charge in [0.05, 0.1) is 5.60 Å². The second-order valence-electron chi connectivity index (χ2n) is 3.99. The summed E-state index contributed by atoms with van der Waals surface area (Å²) < 4.78 is 5.19. The van der Waals surface area contributed by atoms with Gasteiger partial charge in [-0.15, -0.1) is 0 Å². The van der Waals surface area contributed by atoms with Crippen molar-refractivity contribution in [1.82, 2.24) is 0 Å². The van der Waals surface area contributed by atoms with Crippen LogP contribution in [-0.4, -0.2) is 33.9 Å². The predicted molar refractivity (Wildman–Crippen MR) is 49.1 cm³/mol. The molecule has 0 aromatic carbocycles. The van der Waals surface area contributed by atoms with E-state index in [0.29, 0.717) is 0 Å². The summed E-state index contributed by atoms with van der Waals surface area (Å²) in [4.78, 5) is 20.9. The van der Waals surface area contributed by atoms with Crippen molar-refractivity contribution >= 4 is 11.9 Å². The minimum atomic E-state index is -1.12. The third-order valence-corrected chi connectivity index (χ3v) is 1.39. The molecule has 0 aromatic heterocycles. The first-order valence-electron chi connectivity index (χ1n) is 4.35. The van der Waals surface area contributed by atoms with E-state index in [1.807, 2.05) is 0 Å². The molecule has 14 heavy (non-hydrogen) atoms. The molecule has 5 nitrogen and oxygen atoms in total. The Bertz CT molecular complexity index is 216. The first kappa shape index (κ1) is 12.9. The van der Waals surface area contributed by atoms with Crippen molar-refractivity contribution in [2.24, 2.45) is 0 Å². The Labute approximate surface area is 82.7 Å². The Balaban J connectivity index is 4.17. The third kappa shape index (κ3) is 6.42. The SMILES string of the molecule is CC(C)(C)OC(CCC(=O)O)C(=O)O. The fourth-order valence-corrected chi connectivity index (χ4v) is 0.914. The van der Waals surface area contributed by atoms with Gasteiger partial charge in [-0.05, 0) is 27.2 Å². The van der Waals surface area contributed by atoms with E-state index in [0.717, 1.165) is 0 Å². The molecule has 0 aromatic rings. The van der Waals surface area contributed by atoms with Gasteiger partial charge in [0, 0.05) is 6.42 Å². The number of hydrogen-bond acceptors (Lipinski definition) is 3. The van der Waals surface area contributed by atoms with E-state index in [9.17, 15) is 9.59 Å². The van der Waals surface area contributed by atoms with Gasteiger partial charge in [-0.2, -0.15) is 0 Å². The van der Waals surface area contributed by atoms with E-state index in [4.69, 9.17) is 14.9 Å². The largest absolute Gasteiger partial charge is 0.481 e. The topological polar surface area (TPSA) is 83.8 Å². The van der Waals surface area contributed by atoms with Crippen LogP contribution >= 0.6 is 0 Å². The molecule has 0 aliphatic carbocycles. The highest BCUT2D eigenvalue weighted by Crippen LogP contribution is 2.14. The van der Waals surface area contributed by atoms with Gasteiger partial charge in [0.1, 0.15) is 0 Å². The summed E-state index contributed by atoms with van der Waals surface area (Å²) in [6, 6.07) is 0.